The molecule has 0 aromatic heterocycles. The topological polar surface area (TPSA) is 19.9 Å². The van der Waals surface area contributed by atoms with Gasteiger partial charge in [-0.1, -0.05) is 58.8 Å². The molecular formula is C13H27O. The second-order valence-electron chi connectivity index (χ2n) is 4.51. The Labute approximate surface area is 89.9 Å². The minimum absolute atomic E-state index is 0.112. The SMILES string of the molecule is CCCCCCCCC(C)CCC[O]. The largest absolute Gasteiger partial charge is 0.237 e. The van der Waals surface area contributed by atoms with Crippen LogP contribution in [0.4, 0.5) is 0 Å². The Balaban J connectivity index is 3.02. The molecule has 0 aliphatic heterocycles. The van der Waals surface area contributed by atoms with Gasteiger partial charge in [0.2, 0.25) is 0 Å². The van der Waals surface area contributed by atoms with E-state index in [0.29, 0.717) is 0 Å². The summed E-state index contributed by atoms with van der Waals surface area (Å²) < 4.78 is 0. The highest BCUT2D eigenvalue weighted by molar-refractivity contribution is 4.54. The van der Waals surface area contributed by atoms with Crippen LogP contribution in [0.15, 0.2) is 0 Å². The Kier molecular flexibility index (Phi) is 11.0. The van der Waals surface area contributed by atoms with Crippen molar-refractivity contribution in [2.75, 3.05) is 6.61 Å². The second-order valence-corrected chi connectivity index (χ2v) is 4.51. The molecule has 0 amide bonds. The lowest BCUT2D eigenvalue weighted by Crippen LogP contribution is -1.96. The van der Waals surface area contributed by atoms with Crippen LogP contribution in [0.2, 0.25) is 0 Å². The molecule has 0 saturated carbocycles. The minimum Gasteiger partial charge on any atom is -0.237 e. The van der Waals surface area contributed by atoms with Crippen molar-refractivity contribution < 1.29 is 5.11 Å². The van der Waals surface area contributed by atoms with Crippen molar-refractivity contribution in [2.24, 2.45) is 5.92 Å². The summed E-state index contributed by atoms with van der Waals surface area (Å²) in [6.07, 6.45) is 11.6. The van der Waals surface area contributed by atoms with Crippen LogP contribution in [-0.2, 0) is 5.11 Å². The number of unbranched alkanes of at least 4 members (excludes halogenated alkanes) is 5. The summed E-state index contributed by atoms with van der Waals surface area (Å²) in [6.45, 7) is 4.65. The fourth-order valence-corrected chi connectivity index (χ4v) is 1.85. The molecule has 0 aromatic carbocycles. The van der Waals surface area contributed by atoms with Crippen LogP contribution in [0.1, 0.15) is 71.6 Å². The third-order valence-corrected chi connectivity index (χ3v) is 2.89. The van der Waals surface area contributed by atoms with E-state index in [0.717, 1.165) is 18.8 Å². The summed E-state index contributed by atoms with van der Waals surface area (Å²) in [5.74, 6) is 0.773. The lowest BCUT2D eigenvalue weighted by Gasteiger charge is -2.09. The van der Waals surface area contributed by atoms with Gasteiger partial charge in [0, 0.05) is 0 Å². The maximum atomic E-state index is 10.3. The zero-order valence-electron chi connectivity index (χ0n) is 10.1. The first-order valence-electron chi connectivity index (χ1n) is 6.39. The van der Waals surface area contributed by atoms with E-state index in [-0.39, 0.29) is 6.61 Å². The van der Waals surface area contributed by atoms with Gasteiger partial charge in [0.15, 0.2) is 0 Å². The zero-order valence-corrected chi connectivity index (χ0v) is 10.1. The van der Waals surface area contributed by atoms with Crippen LogP contribution in [0.5, 0.6) is 0 Å². The molecule has 0 heterocycles. The van der Waals surface area contributed by atoms with Crippen LogP contribution >= 0.6 is 0 Å². The third-order valence-electron chi connectivity index (χ3n) is 2.89. The van der Waals surface area contributed by atoms with Crippen LogP contribution in [0.25, 0.3) is 0 Å². The summed E-state index contributed by atoms with van der Waals surface area (Å²) in [5, 5.41) is 10.3. The Morgan fingerprint density at radius 3 is 2.07 bits per heavy atom. The van der Waals surface area contributed by atoms with Crippen molar-refractivity contribution in [1.82, 2.24) is 0 Å². The fraction of sp³-hybridized carbons (Fsp3) is 1.00. The predicted octanol–water partition coefficient (Wildman–Crippen LogP) is 4.58. The smallest absolute Gasteiger partial charge is 0.0822 e. The lowest BCUT2D eigenvalue weighted by molar-refractivity contribution is 0.180. The van der Waals surface area contributed by atoms with E-state index in [1.807, 2.05) is 0 Å². The van der Waals surface area contributed by atoms with Crippen LogP contribution in [0.3, 0.4) is 0 Å². The van der Waals surface area contributed by atoms with Gasteiger partial charge in [-0.15, -0.1) is 0 Å². The number of hydrogen-bond donors (Lipinski definition) is 0. The monoisotopic (exact) mass is 199 g/mol. The van der Waals surface area contributed by atoms with Gasteiger partial charge >= 0.3 is 0 Å². The van der Waals surface area contributed by atoms with Gasteiger partial charge < -0.3 is 0 Å². The van der Waals surface area contributed by atoms with Crippen LogP contribution in [-0.4, -0.2) is 6.61 Å². The first kappa shape index (κ1) is 14.0. The van der Waals surface area contributed by atoms with Gasteiger partial charge in [0.25, 0.3) is 0 Å². The van der Waals surface area contributed by atoms with E-state index in [1.54, 1.807) is 0 Å². The summed E-state index contributed by atoms with van der Waals surface area (Å²) in [7, 11) is 0. The Hall–Kier alpha value is -0.0400. The summed E-state index contributed by atoms with van der Waals surface area (Å²) >= 11 is 0. The molecule has 85 valence electrons. The molecule has 1 unspecified atom stereocenters. The lowest BCUT2D eigenvalue weighted by atomic mass is 9.98. The summed E-state index contributed by atoms with van der Waals surface area (Å²) in [6, 6.07) is 0. The molecular weight excluding hydrogens is 172 g/mol. The van der Waals surface area contributed by atoms with Crippen molar-refractivity contribution in [2.45, 2.75) is 71.6 Å². The van der Waals surface area contributed by atoms with Gasteiger partial charge in [-0.2, -0.15) is 0 Å². The van der Waals surface area contributed by atoms with Crippen LogP contribution < -0.4 is 0 Å². The quantitative estimate of drug-likeness (QED) is 0.459. The highest BCUT2D eigenvalue weighted by Crippen LogP contribution is 2.15. The molecule has 0 aliphatic carbocycles. The maximum Gasteiger partial charge on any atom is 0.0822 e. The Morgan fingerprint density at radius 2 is 1.43 bits per heavy atom. The molecule has 1 radical (unpaired) electrons. The van der Waals surface area contributed by atoms with Gasteiger partial charge in [-0.3, -0.25) is 0 Å². The molecule has 14 heavy (non-hydrogen) atoms. The molecule has 0 saturated heterocycles. The highest BCUT2D eigenvalue weighted by Gasteiger charge is 2.01. The van der Waals surface area contributed by atoms with E-state index in [1.165, 1.54) is 44.9 Å². The minimum atomic E-state index is 0.112. The first-order valence-corrected chi connectivity index (χ1v) is 6.39. The van der Waals surface area contributed by atoms with Gasteiger partial charge in [-0.25, -0.2) is 5.11 Å². The maximum absolute atomic E-state index is 10.3. The van der Waals surface area contributed by atoms with Gasteiger partial charge in [-0.05, 0) is 18.8 Å². The first-order chi connectivity index (χ1) is 6.81. The van der Waals surface area contributed by atoms with E-state index >= 15 is 0 Å². The van der Waals surface area contributed by atoms with Gasteiger partial charge in [0.05, 0.1) is 6.61 Å². The standard InChI is InChI=1S/C13H27O/c1-3-4-5-6-7-8-10-13(2)11-9-12-14/h13H,3-12H2,1-2H3. The Bertz CT molecular complexity index is 101. The molecule has 0 aromatic rings. The molecule has 1 nitrogen and oxygen atoms in total. The molecule has 0 fully saturated rings. The van der Waals surface area contributed by atoms with Gasteiger partial charge in [0.1, 0.15) is 0 Å². The average Bonchev–Trinajstić information content (AvgIpc) is 2.20. The number of hydrogen-bond acceptors (Lipinski definition) is 0. The van der Waals surface area contributed by atoms with E-state index in [4.69, 9.17) is 0 Å². The molecule has 1 heteroatoms. The third kappa shape index (κ3) is 10.0. The normalized spacial score (nSPS) is 13.1. The van der Waals surface area contributed by atoms with Crippen molar-refractivity contribution >= 4 is 0 Å². The van der Waals surface area contributed by atoms with Crippen molar-refractivity contribution in [3.05, 3.63) is 0 Å². The summed E-state index contributed by atoms with van der Waals surface area (Å²) in [4.78, 5) is 0. The van der Waals surface area contributed by atoms with Crippen molar-refractivity contribution in [1.29, 1.82) is 0 Å². The molecule has 0 spiro atoms. The molecule has 0 N–H and O–H groups in total. The summed E-state index contributed by atoms with van der Waals surface area (Å²) in [5.41, 5.74) is 0. The van der Waals surface area contributed by atoms with E-state index in [9.17, 15) is 5.11 Å². The average molecular weight is 199 g/mol. The van der Waals surface area contributed by atoms with E-state index in [2.05, 4.69) is 13.8 Å². The molecule has 0 bridgehead atoms. The van der Waals surface area contributed by atoms with Crippen molar-refractivity contribution in [3.8, 4) is 0 Å². The molecule has 1 atom stereocenters. The predicted molar refractivity (Wildman–Crippen MR) is 61.9 cm³/mol. The van der Waals surface area contributed by atoms with E-state index < -0.39 is 0 Å². The highest BCUT2D eigenvalue weighted by atomic mass is 16.2. The van der Waals surface area contributed by atoms with Crippen LogP contribution in [0, 0.1) is 5.92 Å². The Morgan fingerprint density at radius 1 is 0.857 bits per heavy atom. The number of rotatable bonds is 10. The van der Waals surface area contributed by atoms with Crippen molar-refractivity contribution in [3.63, 3.8) is 0 Å². The zero-order chi connectivity index (χ0) is 10.6. The molecule has 0 rings (SSSR count). The molecule has 0 aliphatic rings. The fourth-order valence-electron chi connectivity index (χ4n) is 1.85. The second kappa shape index (κ2) is 11.0.